The maximum atomic E-state index is 13.0. The van der Waals surface area contributed by atoms with Gasteiger partial charge in [-0.1, -0.05) is 24.3 Å². The number of fused-ring (bicyclic) bond motifs is 1. The molecule has 2 aromatic rings. The van der Waals surface area contributed by atoms with E-state index in [9.17, 15) is 4.79 Å². The Morgan fingerprint density at radius 2 is 1.81 bits per heavy atom. The van der Waals surface area contributed by atoms with Gasteiger partial charge in [-0.15, -0.1) is 0 Å². The van der Waals surface area contributed by atoms with E-state index < -0.39 is 0 Å². The van der Waals surface area contributed by atoms with E-state index in [0.29, 0.717) is 6.04 Å². The van der Waals surface area contributed by atoms with Crippen LogP contribution in [0.4, 0.5) is 0 Å². The lowest BCUT2D eigenvalue weighted by atomic mass is 9.95. The van der Waals surface area contributed by atoms with Crippen molar-refractivity contribution in [3.8, 4) is 5.75 Å². The molecular formula is C23H30N2O2. The Balaban J connectivity index is 1.37. The second-order valence-electron chi connectivity index (χ2n) is 8.15. The van der Waals surface area contributed by atoms with Crippen LogP contribution in [0.5, 0.6) is 5.75 Å². The molecule has 1 saturated carbocycles. The van der Waals surface area contributed by atoms with Crippen LogP contribution < -0.4 is 10.1 Å². The third kappa shape index (κ3) is 4.27. The van der Waals surface area contributed by atoms with E-state index in [1.54, 1.807) is 7.11 Å². The number of hydrogen-bond donors (Lipinski definition) is 1. The van der Waals surface area contributed by atoms with Crippen molar-refractivity contribution >= 4 is 16.7 Å². The van der Waals surface area contributed by atoms with E-state index in [2.05, 4.69) is 34.5 Å². The molecule has 4 rings (SSSR count). The molecule has 1 atom stereocenters. The normalized spacial score (nSPS) is 19.3. The molecule has 4 nitrogen and oxygen atoms in total. The van der Waals surface area contributed by atoms with Crippen molar-refractivity contribution in [3.63, 3.8) is 0 Å². The molecule has 1 amide bonds. The largest absolute Gasteiger partial charge is 0.497 e. The van der Waals surface area contributed by atoms with Gasteiger partial charge >= 0.3 is 0 Å². The van der Waals surface area contributed by atoms with Crippen LogP contribution in [-0.4, -0.2) is 43.6 Å². The van der Waals surface area contributed by atoms with Crippen LogP contribution in [0.15, 0.2) is 36.4 Å². The van der Waals surface area contributed by atoms with Gasteiger partial charge in [-0.2, -0.15) is 0 Å². The molecule has 144 valence electrons. The van der Waals surface area contributed by atoms with Gasteiger partial charge in [-0.05, 0) is 73.5 Å². The molecule has 2 fully saturated rings. The van der Waals surface area contributed by atoms with Crippen LogP contribution in [0.25, 0.3) is 10.8 Å². The van der Waals surface area contributed by atoms with Gasteiger partial charge in [0.25, 0.3) is 0 Å². The fourth-order valence-corrected chi connectivity index (χ4v) is 4.01. The minimum atomic E-state index is -0.104. The first-order valence-electron chi connectivity index (χ1n) is 10.2. The molecule has 1 aliphatic heterocycles. The number of methoxy groups -OCH3 is 1. The third-order valence-electron chi connectivity index (χ3n) is 6.14. The van der Waals surface area contributed by atoms with Crippen molar-refractivity contribution < 1.29 is 9.53 Å². The second-order valence-corrected chi connectivity index (χ2v) is 8.15. The first-order valence-corrected chi connectivity index (χ1v) is 10.2. The van der Waals surface area contributed by atoms with Gasteiger partial charge in [-0.25, -0.2) is 0 Å². The van der Waals surface area contributed by atoms with Gasteiger partial charge in [0, 0.05) is 19.1 Å². The Morgan fingerprint density at radius 3 is 2.52 bits per heavy atom. The van der Waals surface area contributed by atoms with Crippen LogP contribution in [0.3, 0.4) is 0 Å². The number of amides is 1. The van der Waals surface area contributed by atoms with Gasteiger partial charge in [0.1, 0.15) is 5.75 Å². The lowest BCUT2D eigenvalue weighted by molar-refractivity contribution is -0.133. The molecular weight excluding hydrogens is 336 g/mol. The number of ether oxygens (including phenoxy) is 1. The molecule has 4 heteroatoms. The highest BCUT2D eigenvalue weighted by molar-refractivity contribution is 5.88. The highest BCUT2D eigenvalue weighted by atomic mass is 16.5. The maximum Gasteiger partial charge on any atom is 0.229 e. The smallest absolute Gasteiger partial charge is 0.229 e. The zero-order chi connectivity index (χ0) is 18.8. The van der Waals surface area contributed by atoms with Crippen LogP contribution in [0, 0.1) is 5.92 Å². The van der Waals surface area contributed by atoms with Crippen molar-refractivity contribution in [1.82, 2.24) is 10.2 Å². The van der Waals surface area contributed by atoms with Crippen molar-refractivity contribution in [2.75, 3.05) is 26.7 Å². The second kappa shape index (κ2) is 7.89. The Kier molecular flexibility index (Phi) is 5.35. The summed E-state index contributed by atoms with van der Waals surface area (Å²) in [5.74, 6) is 1.92. The lowest BCUT2D eigenvalue weighted by Crippen LogP contribution is -2.46. The summed E-state index contributed by atoms with van der Waals surface area (Å²) in [5.41, 5.74) is 1.09. The number of benzene rings is 2. The summed E-state index contributed by atoms with van der Waals surface area (Å²) < 4.78 is 5.29. The molecule has 1 unspecified atom stereocenters. The Hall–Kier alpha value is -2.07. The van der Waals surface area contributed by atoms with Gasteiger partial charge in [0.05, 0.1) is 13.0 Å². The molecule has 0 spiro atoms. The Labute approximate surface area is 161 Å². The molecule has 27 heavy (non-hydrogen) atoms. The van der Waals surface area contributed by atoms with Gasteiger partial charge in [0.15, 0.2) is 0 Å². The van der Waals surface area contributed by atoms with Gasteiger partial charge in [-0.3, -0.25) is 4.79 Å². The van der Waals surface area contributed by atoms with Crippen molar-refractivity contribution in [2.45, 2.75) is 44.6 Å². The zero-order valence-electron chi connectivity index (χ0n) is 16.4. The molecule has 0 radical (unpaired) electrons. The number of carbonyl (C=O) groups excluding carboxylic acids is 1. The molecule has 1 aliphatic carbocycles. The zero-order valence-corrected chi connectivity index (χ0v) is 16.4. The molecule has 2 aliphatic rings. The first kappa shape index (κ1) is 18.3. The number of piperidine rings is 1. The van der Waals surface area contributed by atoms with Gasteiger partial charge < -0.3 is 15.0 Å². The summed E-state index contributed by atoms with van der Waals surface area (Å²) in [7, 11) is 1.68. The summed E-state index contributed by atoms with van der Waals surface area (Å²) in [4.78, 5) is 15.1. The quantitative estimate of drug-likeness (QED) is 0.842. The predicted octanol–water partition coefficient (Wildman–Crippen LogP) is 3.94. The molecule has 1 saturated heterocycles. The molecule has 1 N–H and O–H groups in total. The Morgan fingerprint density at radius 1 is 1.11 bits per heavy atom. The fourth-order valence-electron chi connectivity index (χ4n) is 4.01. The number of carbonyl (C=O) groups is 1. The molecule has 2 aromatic carbocycles. The molecule has 0 bridgehead atoms. The summed E-state index contributed by atoms with van der Waals surface area (Å²) in [6.45, 7) is 4.94. The number of rotatable bonds is 6. The molecule has 0 aromatic heterocycles. The van der Waals surface area contributed by atoms with Crippen LogP contribution in [0.2, 0.25) is 0 Å². The van der Waals surface area contributed by atoms with E-state index in [1.807, 2.05) is 19.1 Å². The van der Waals surface area contributed by atoms with Crippen molar-refractivity contribution in [2.24, 2.45) is 5.92 Å². The van der Waals surface area contributed by atoms with Crippen LogP contribution in [0.1, 0.15) is 44.1 Å². The standard InChI is InChI=1S/C23H30N2O2/c1-16(18-5-6-20-14-22(27-2)8-7-19(20)13-18)23(26)25-11-9-21(10-12-25)24-15-17-3-4-17/h5-8,13-14,16-17,21,24H,3-4,9-12,15H2,1-2H3. The van der Waals surface area contributed by atoms with E-state index >= 15 is 0 Å². The first-order chi connectivity index (χ1) is 13.1. The minimum Gasteiger partial charge on any atom is -0.497 e. The lowest BCUT2D eigenvalue weighted by Gasteiger charge is -2.34. The summed E-state index contributed by atoms with van der Waals surface area (Å²) in [5, 5.41) is 5.97. The minimum absolute atomic E-state index is 0.104. The maximum absolute atomic E-state index is 13.0. The fraction of sp³-hybridized carbons (Fsp3) is 0.522. The highest BCUT2D eigenvalue weighted by Crippen LogP contribution is 2.29. The highest BCUT2D eigenvalue weighted by Gasteiger charge is 2.28. The van der Waals surface area contributed by atoms with E-state index in [-0.39, 0.29) is 11.8 Å². The van der Waals surface area contributed by atoms with Crippen molar-refractivity contribution in [3.05, 3.63) is 42.0 Å². The average Bonchev–Trinajstić information content (AvgIpc) is 3.55. The number of hydrogen-bond acceptors (Lipinski definition) is 3. The average molecular weight is 367 g/mol. The summed E-state index contributed by atoms with van der Waals surface area (Å²) in [6.07, 6.45) is 4.92. The monoisotopic (exact) mass is 366 g/mol. The summed E-state index contributed by atoms with van der Waals surface area (Å²) in [6, 6.07) is 13.0. The van der Waals surface area contributed by atoms with Crippen LogP contribution in [-0.2, 0) is 4.79 Å². The van der Waals surface area contributed by atoms with Crippen LogP contribution >= 0.6 is 0 Å². The van der Waals surface area contributed by atoms with Gasteiger partial charge in [0.2, 0.25) is 5.91 Å². The topological polar surface area (TPSA) is 41.6 Å². The van der Waals surface area contributed by atoms with E-state index in [1.165, 1.54) is 12.8 Å². The van der Waals surface area contributed by atoms with E-state index in [4.69, 9.17) is 4.74 Å². The Bertz CT molecular complexity index is 807. The third-order valence-corrected chi connectivity index (χ3v) is 6.14. The molecule has 1 heterocycles. The predicted molar refractivity (Wildman–Crippen MR) is 109 cm³/mol. The van der Waals surface area contributed by atoms with E-state index in [0.717, 1.165) is 60.5 Å². The number of nitrogens with zero attached hydrogens (tertiary/aromatic N) is 1. The number of likely N-dealkylation sites (tertiary alicyclic amines) is 1. The summed E-state index contributed by atoms with van der Waals surface area (Å²) >= 11 is 0. The SMILES string of the molecule is COc1ccc2cc(C(C)C(=O)N3CCC(NCC4CC4)CC3)ccc2c1. The van der Waals surface area contributed by atoms with Crippen molar-refractivity contribution in [1.29, 1.82) is 0 Å². The number of nitrogens with one attached hydrogen (secondary N) is 1.